The second kappa shape index (κ2) is 12.1. The van der Waals surface area contributed by atoms with Crippen molar-refractivity contribution in [1.29, 1.82) is 0 Å². The van der Waals surface area contributed by atoms with Crippen LogP contribution in [0.25, 0.3) is 10.9 Å². The zero-order valence-electron chi connectivity index (χ0n) is 20.9. The quantitative estimate of drug-likeness (QED) is 0.211. The van der Waals surface area contributed by atoms with Gasteiger partial charge in [-0.15, -0.1) is 0 Å². The average molecular weight is 588 g/mol. The summed E-state index contributed by atoms with van der Waals surface area (Å²) >= 11 is 3.36. The number of nitrogens with zero attached hydrogens (tertiary/aromatic N) is 5. The Morgan fingerprint density at radius 1 is 1.24 bits per heavy atom. The molecule has 13 heteroatoms. The molecule has 0 saturated carbocycles. The highest BCUT2D eigenvalue weighted by Gasteiger charge is 2.25. The van der Waals surface area contributed by atoms with Crippen molar-refractivity contribution in [3.63, 3.8) is 0 Å². The number of hydrogen-bond donors (Lipinski definition) is 0. The van der Waals surface area contributed by atoms with E-state index in [1.165, 1.54) is 23.0 Å². The van der Waals surface area contributed by atoms with Gasteiger partial charge in [-0.05, 0) is 31.2 Å². The molecule has 0 radical (unpaired) electrons. The maximum atomic E-state index is 13.2. The summed E-state index contributed by atoms with van der Waals surface area (Å²) in [5.74, 6) is 0.0561. The lowest BCUT2D eigenvalue weighted by Crippen LogP contribution is -2.43. The van der Waals surface area contributed by atoms with Crippen LogP contribution in [0.3, 0.4) is 0 Å². The molecule has 38 heavy (non-hydrogen) atoms. The third-order valence-electron chi connectivity index (χ3n) is 5.77. The van der Waals surface area contributed by atoms with Crippen LogP contribution in [0.1, 0.15) is 25.2 Å². The topological polar surface area (TPSA) is 138 Å². The minimum Gasteiger partial charge on any atom is -0.490 e. The van der Waals surface area contributed by atoms with Gasteiger partial charge in [0.25, 0.3) is 11.5 Å². The lowest BCUT2D eigenvalue weighted by Gasteiger charge is -2.26. The van der Waals surface area contributed by atoms with Gasteiger partial charge in [-0.25, -0.2) is 4.98 Å². The standard InChI is InChI=1S/C25H26BrN5O7/c1-3-22-28-19-6-5-17(26)13-18(19)25(33)30(22)27-14-16-11-20(31(34)35)24(21(12-16)37-4-2)38-15-23(32)29-7-9-36-10-8-29/h5-6,11-14H,3-4,7-10,15H2,1-2H3. The van der Waals surface area contributed by atoms with Crippen LogP contribution in [0.2, 0.25) is 0 Å². The number of benzene rings is 2. The van der Waals surface area contributed by atoms with Crippen molar-refractivity contribution in [3.8, 4) is 11.5 Å². The Balaban J connectivity index is 1.69. The molecule has 0 spiro atoms. The number of nitro benzene ring substituents is 1. The molecule has 1 aliphatic rings. The van der Waals surface area contributed by atoms with Gasteiger partial charge in [-0.3, -0.25) is 19.7 Å². The van der Waals surface area contributed by atoms with Crippen LogP contribution >= 0.6 is 15.9 Å². The summed E-state index contributed by atoms with van der Waals surface area (Å²) in [7, 11) is 0. The molecular weight excluding hydrogens is 562 g/mol. The van der Waals surface area contributed by atoms with Crippen LogP contribution in [0.4, 0.5) is 5.69 Å². The Bertz CT molecular complexity index is 1450. The number of halogens is 1. The van der Waals surface area contributed by atoms with E-state index in [2.05, 4.69) is 26.0 Å². The number of aryl methyl sites for hydroxylation is 1. The minimum absolute atomic E-state index is 0.0848. The first-order chi connectivity index (χ1) is 18.3. The van der Waals surface area contributed by atoms with E-state index in [0.29, 0.717) is 55.0 Å². The zero-order valence-corrected chi connectivity index (χ0v) is 22.5. The Hall–Kier alpha value is -3.84. The van der Waals surface area contributed by atoms with Crippen molar-refractivity contribution in [2.45, 2.75) is 20.3 Å². The highest BCUT2D eigenvalue weighted by Crippen LogP contribution is 2.38. The van der Waals surface area contributed by atoms with E-state index >= 15 is 0 Å². The number of morpholine rings is 1. The second-order valence-electron chi connectivity index (χ2n) is 8.24. The van der Waals surface area contributed by atoms with Crippen molar-refractivity contribution in [2.75, 3.05) is 39.5 Å². The summed E-state index contributed by atoms with van der Waals surface area (Å²) < 4.78 is 18.4. The van der Waals surface area contributed by atoms with Gasteiger partial charge < -0.3 is 19.1 Å². The summed E-state index contributed by atoms with van der Waals surface area (Å²) in [5, 5.41) is 16.6. The molecule has 2 heterocycles. The van der Waals surface area contributed by atoms with Crippen molar-refractivity contribution in [1.82, 2.24) is 14.6 Å². The number of aromatic nitrogens is 2. The van der Waals surface area contributed by atoms with E-state index in [1.807, 2.05) is 6.92 Å². The normalized spacial score (nSPS) is 13.7. The molecule has 1 fully saturated rings. The summed E-state index contributed by atoms with van der Waals surface area (Å²) in [6.45, 7) is 5.10. The number of carbonyl (C=O) groups is 1. The van der Waals surface area contributed by atoms with E-state index in [-0.39, 0.29) is 36.2 Å². The molecule has 4 rings (SSSR count). The minimum atomic E-state index is -0.618. The second-order valence-corrected chi connectivity index (χ2v) is 9.16. The number of ether oxygens (including phenoxy) is 3. The van der Waals surface area contributed by atoms with Gasteiger partial charge >= 0.3 is 5.69 Å². The third kappa shape index (κ3) is 6.00. The van der Waals surface area contributed by atoms with Crippen LogP contribution in [-0.2, 0) is 16.0 Å². The Labute approximate surface area is 226 Å². The lowest BCUT2D eigenvalue weighted by atomic mass is 10.2. The maximum absolute atomic E-state index is 13.2. The monoisotopic (exact) mass is 587 g/mol. The summed E-state index contributed by atoms with van der Waals surface area (Å²) in [4.78, 5) is 43.1. The molecule has 3 aromatic rings. The molecule has 2 aromatic carbocycles. The van der Waals surface area contributed by atoms with Gasteiger partial charge in [-0.2, -0.15) is 9.78 Å². The zero-order chi connectivity index (χ0) is 27.2. The van der Waals surface area contributed by atoms with Crippen LogP contribution < -0.4 is 15.0 Å². The van der Waals surface area contributed by atoms with E-state index in [1.54, 1.807) is 30.0 Å². The Morgan fingerprint density at radius 2 is 2.00 bits per heavy atom. The van der Waals surface area contributed by atoms with Crippen LogP contribution in [0, 0.1) is 10.1 Å². The van der Waals surface area contributed by atoms with Gasteiger partial charge in [0, 0.05) is 35.6 Å². The van der Waals surface area contributed by atoms with E-state index in [0.717, 1.165) is 4.47 Å². The molecule has 1 aromatic heterocycles. The lowest BCUT2D eigenvalue weighted by molar-refractivity contribution is -0.385. The number of hydrogen-bond acceptors (Lipinski definition) is 9. The van der Waals surface area contributed by atoms with Crippen molar-refractivity contribution in [3.05, 3.63) is 66.7 Å². The number of rotatable bonds is 9. The summed E-state index contributed by atoms with van der Waals surface area (Å²) in [5.41, 5.74) is 0.0838. The Kier molecular flexibility index (Phi) is 8.69. The van der Waals surface area contributed by atoms with Gasteiger partial charge in [0.15, 0.2) is 12.4 Å². The van der Waals surface area contributed by atoms with Crippen LogP contribution in [0.15, 0.2) is 44.7 Å². The SMILES string of the molecule is CCOc1cc(C=Nn2c(CC)nc3ccc(Br)cc3c2=O)cc([N+](=O)[O-])c1OCC(=O)N1CCOCC1. The molecule has 0 bridgehead atoms. The molecule has 200 valence electrons. The predicted octanol–water partition coefficient (Wildman–Crippen LogP) is 3.15. The molecule has 1 saturated heterocycles. The molecule has 12 nitrogen and oxygen atoms in total. The fourth-order valence-corrected chi connectivity index (χ4v) is 4.29. The van der Waals surface area contributed by atoms with Gasteiger partial charge in [0.2, 0.25) is 5.75 Å². The van der Waals surface area contributed by atoms with Gasteiger partial charge in [-0.1, -0.05) is 22.9 Å². The molecule has 0 aliphatic carbocycles. The number of fused-ring (bicyclic) bond motifs is 1. The van der Waals surface area contributed by atoms with E-state index in [4.69, 9.17) is 14.2 Å². The molecule has 0 unspecified atom stereocenters. The largest absolute Gasteiger partial charge is 0.490 e. The summed E-state index contributed by atoms with van der Waals surface area (Å²) in [6, 6.07) is 7.97. The van der Waals surface area contributed by atoms with E-state index < -0.39 is 10.6 Å². The van der Waals surface area contributed by atoms with Crippen molar-refractivity contribution < 1.29 is 23.9 Å². The van der Waals surface area contributed by atoms with Crippen molar-refractivity contribution >= 4 is 44.6 Å². The van der Waals surface area contributed by atoms with Gasteiger partial charge in [0.05, 0.1) is 41.9 Å². The third-order valence-corrected chi connectivity index (χ3v) is 6.27. The summed E-state index contributed by atoms with van der Waals surface area (Å²) in [6.07, 6.45) is 1.76. The molecule has 1 aliphatic heterocycles. The fraction of sp³-hybridized carbons (Fsp3) is 0.360. The number of nitro groups is 1. The van der Waals surface area contributed by atoms with Crippen LogP contribution in [-0.4, -0.2) is 71.1 Å². The smallest absolute Gasteiger partial charge is 0.315 e. The average Bonchev–Trinajstić information content (AvgIpc) is 2.92. The first kappa shape index (κ1) is 27.2. The van der Waals surface area contributed by atoms with Crippen LogP contribution in [0.5, 0.6) is 11.5 Å². The number of amides is 1. The first-order valence-corrected chi connectivity index (χ1v) is 12.8. The Morgan fingerprint density at radius 3 is 2.68 bits per heavy atom. The highest BCUT2D eigenvalue weighted by atomic mass is 79.9. The molecule has 0 atom stereocenters. The predicted molar refractivity (Wildman–Crippen MR) is 143 cm³/mol. The fourth-order valence-electron chi connectivity index (χ4n) is 3.93. The highest BCUT2D eigenvalue weighted by molar-refractivity contribution is 9.10. The molecule has 1 amide bonds. The molecular formula is C25H26BrN5O7. The maximum Gasteiger partial charge on any atom is 0.315 e. The number of carbonyl (C=O) groups excluding carboxylic acids is 1. The molecule has 0 N–H and O–H groups in total. The van der Waals surface area contributed by atoms with Crippen molar-refractivity contribution in [2.24, 2.45) is 5.10 Å². The van der Waals surface area contributed by atoms with E-state index in [9.17, 15) is 19.7 Å². The van der Waals surface area contributed by atoms with Gasteiger partial charge in [0.1, 0.15) is 5.82 Å². The first-order valence-electron chi connectivity index (χ1n) is 12.0.